The Morgan fingerprint density at radius 1 is 1.23 bits per heavy atom. The molecule has 1 aliphatic rings. The molecule has 3 rings (SSSR count). The van der Waals surface area contributed by atoms with E-state index < -0.39 is 0 Å². The molecule has 0 bridgehead atoms. The molecule has 6 nitrogen and oxygen atoms in total. The van der Waals surface area contributed by atoms with E-state index in [0.717, 1.165) is 56.9 Å². The van der Waals surface area contributed by atoms with Gasteiger partial charge in [-0.25, -0.2) is 0 Å². The molecule has 1 aromatic heterocycles. The fourth-order valence-corrected chi connectivity index (χ4v) is 4.25. The molecule has 1 aliphatic heterocycles. The van der Waals surface area contributed by atoms with E-state index in [1.165, 1.54) is 4.88 Å². The van der Waals surface area contributed by atoms with Gasteiger partial charge >= 0.3 is 0 Å². The molecule has 2 N–H and O–H groups in total. The molecule has 2 heterocycles. The zero-order chi connectivity index (χ0) is 18.4. The van der Waals surface area contributed by atoms with Crippen LogP contribution in [-0.4, -0.2) is 47.2 Å². The molecule has 2 aromatic rings. The first kappa shape index (κ1) is 19.0. The largest absolute Gasteiger partial charge is 0.393 e. The highest BCUT2D eigenvalue weighted by Crippen LogP contribution is 2.34. The number of para-hydroxylation sites is 1. The summed E-state index contributed by atoms with van der Waals surface area (Å²) in [5.41, 5.74) is 0.835. The Labute approximate surface area is 157 Å². The Hall–Kier alpha value is -1.80. The number of piperidine rings is 1. The lowest BCUT2D eigenvalue weighted by Crippen LogP contribution is -2.37. The number of hydrogen-bond donors (Lipinski definition) is 2. The minimum atomic E-state index is -0.327. The molecule has 0 unspecified atom stereocenters. The van der Waals surface area contributed by atoms with Crippen LogP contribution in [0.3, 0.4) is 0 Å². The summed E-state index contributed by atoms with van der Waals surface area (Å²) in [4.78, 5) is 15.4. The normalized spacial score (nSPS) is 16.0. The molecule has 0 aliphatic carbocycles. The van der Waals surface area contributed by atoms with E-state index in [1.54, 1.807) is 29.5 Å². The summed E-state index contributed by atoms with van der Waals surface area (Å²) in [7, 11) is 0. The van der Waals surface area contributed by atoms with Gasteiger partial charge in [-0.05, 0) is 50.6 Å². The van der Waals surface area contributed by atoms with Gasteiger partial charge in [0.25, 0.3) is 5.69 Å². The molecule has 7 heteroatoms. The fraction of sp³-hybridized carbons (Fsp3) is 0.474. The van der Waals surface area contributed by atoms with E-state index >= 15 is 0 Å². The summed E-state index contributed by atoms with van der Waals surface area (Å²) >= 11 is 1.60. The van der Waals surface area contributed by atoms with Crippen LogP contribution in [-0.2, 0) is 6.54 Å². The predicted octanol–water partition coefficient (Wildman–Crippen LogP) is 3.26. The van der Waals surface area contributed by atoms with Gasteiger partial charge in [-0.1, -0.05) is 12.1 Å². The van der Waals surface area contributed by atoms with Crippen LogP contribution in [0.1, 0.15) is 24.1 Å². The van der Waals surface area contributed by atoms with E-state index in [-0.39, 0.29) is 16.7 Å². The first-order valence-electron chi connectivity index (χ1n) is 9.07. The van der Waals surface area contributed by atoms with E-state index in [9.17, 15) is 15.2 Å². The summed E-state index contributed by atoms with van der Waals surface area (Å²) in [5, 5.41) is 24.1. The monoisotopic (exact) mass is 375 g/mol. The molecular weight excluding hydrogens is 350 g/mol. The van der Waals surface area contributed by atoms with Crippen LogP contribution in [0.4, 0.5) is 5.69 Å². The van der Waals surface area contributed by atoms with Crippen molar-refractivity contribution >= 4 is 17.0 Å². The first-order chi connectivity index (χ1) is 12.6. The zero-order valence-corrected chi connectivity index (χ0v) is 15.6. The summed E-state index contributed by atoms with van der Waals surface area (Å²) in [5.74, 6) is 0. The first-order valence-corrected chi connectivity index (χ1v) is 9.89. The third-order valence-corrected chi connectivity index (χ3v) is 5.83. The van der Waals surface area contributed by atoms with E-state index in [4.69, 9.17) is 0 Å². The van der Waals surface area contributed by atoms with Crippen molar-refractivity contribution in [3.8, 4) is 10.4 Å². The van der Waals surface area contributed by atoms with E-state index in [2.05, 4.69) is 10.2 Å². The highest BCUT2D eigenvalue weighted by atomic mass is 32.1. The van der Waals surface area contributed by atoms with Gasteiger partial charge in [-0.3, -0.25) is 10.1 Å². The Balaban J connectivity index is 1.44. The van der Waals surface area contributed by atoms with Crippen molar-refractivity contribution in [1.82, 2.24) is 10.2 Å². The summed E-state index contributed by atoms with van der Waals surface area (Å²) in [6, 6.07) is 10.9. The van der Waals surface area contributed by atoms with Crippen molar-refractivity contribution in [1.29, 1.82) is 0 Å². The van der Waals surface area contributed by atoms with Crippen molar-refractivity contribution in [3.05, 3.63) is 51.4 Å². The molecule has 26 heavy (non-hydrogen) atoms. The fourth-order valence-electron chi connectivity index (χ4n) is 3.24. The lowest BCUT2D eigenvalue weighted by Gasteiger charge is -2.29. The minimum Gasteiger partial charge on any atom is -0.393 e. The maximum absolute atomic E-state index is 11.2. The lowest BCUT2D eigenvalue weighted by molar-refractivity contribution is -0.384. The molecule has 0 spiro atoms. The third-order valence-electron chi connectivity index (χ3n) is 4.71. The number of hydrogen-bond acceptors (Lipinski definition) is 6. The van der Waals surface area contributed by atoms with Gasteiger partial charge in [0.2, 0.25) is 0 Å². The standard InChI is InChI=1S/C19H25N3O3S/c23-15-8-12-21(13-9-15)11-3-10-20-14-16-6-7-19(26-16)17-4-1-2-5-18(17)22(24)25/h1-2,4-7,15,20,23H,3,8-14H2. The number of nitrogens with zero attached hydrogens (tertiary/aromatic N) is 2. The van der Waals surface area contributed by atoms with Crippen molar-refractivity contribution in [2.45, 2.75) is 31.9 Å². The van der Waals surface area contributed by atoms with Crippen LogP contribution in [0, 0.1) is 10.1 Å². The number of benzene rings is 1. The van der Waals surface area contributed by atoms with Gasteiger partial charge in [-0.2, -0.15) is 0 Å². The second kappa shape index (κ2) is 9.23. The maximum Gasteiger partial charge on any atom is 0.278 e. The number of thiophene rings is 1. The van der Waals surface area contributed by atoms with Gasteiger partial charge in [0.15, 0.2) is 0 Å². The van der Waals surface area contributed by atoms with Crippen LogP contribution >= 0.6 is 11.3 Å². The Bertz CT molecular complexity index is 726. The Morgan fingerprint density at radius 2 is 2.00 bits per heavy atom. The topological polar surface area (TPSA) is 78.6 Å². The van der Waals surface area contributed by atoms with Crippen LogP contribution < -0.4 is 5.32 Å². The van der Waals surface area contributed by atoms with Gasteiger partial charge in [-0.15, -0.1) is 11.3 Å². The van der Waals surface area contributed by atoms with Crippen molar-refractivity contribution < 1.29 is 10.0 Å². The number of rotatable bonds is 8. The molecule has 0 atom stereocenters. The Morgan fingerprint density at radius 3 is 2.77 bits per heavy atom. The van der Waals surface area contributed by atoms with Crippen molar-refractivity contribution in [2.24, 2.45) is 0 Å². The van der Waals surface area contributed by atoms with Gasteiger partial charge in [0.05, 0.1) is 16.6 Å². The molecule has 0 saturated carbocycles. The summed E-state index contributed by atoms with van der Waals surface area (Å²) < 4.78 is 0. The smallest absolute Gasteiger partial charge is 0.278 e. The number of aliphatic hydroxyl groups excluding tert-OH is 1. The highest BCUT2D eigenvalue weighted by molar-refractivity contribution is 7.15. The second-order valence-electron chi connectivity index (χ2n) is 6.64. The molecule has 1 aromatic carbocycles. The molecule has 140 valence electrons. The SMILES string of the molecule is O=[N+]([O-])c1ccccc1-c1ccc(CNCCCN2CCC(O)CC2)s1. The Kier molecular flexibility index (Phi) is 6.73. The van der Waals surface area contributed by atoms with Crippen molar-refractivity contribution in [2.75, 3.05) is 26.2 Å². The van der Waals surface area contributed by atoms with Crippen LogP contribution in [0.15, 0.2) is 36.4 Å². The van der Waals surface area contributed by atoms with E-state index in [0.29, 0.717) is 5.56 Å². The van der Waals surface area contributed by atoms with Crippen LogP contribution in [0.2, 0.25) is 0 Å². The van der Waals surface area contributed by atoms with E-state index in [1.807, 2.05) is 18.2 Å². The number of likely N-dealkylation sites (tertiary alicyclic amines) is 1. The van der Waals surface area contributed by atoms with Crippen LogP contribution in [0.5, 0.6) is 0 Å². The molecular formula is C19H25N3O3S. The molecule has 0 amide bonds. The quantitative estimate of drug-likeness (QED) is 0.421. The average Bonchev–Trinajstić information content (AvgIpc) is 3.12. The average molecular weight is 375 g/mol. The summed E-state index contributed by atoms with van der Waals surface area (Å²) in [6.07, 6.45) is 2.74. The van der Waals surface area contributed by atoms with Gasteiger partial charge < -0.3 is 15.3 Å². The molecule has 1 fully saturated rings. The number of aliphatic hydroxyl groups is 1. The minimum absolute atomic E-state index is 0.113. The lowest BCUT2D eigenvalue weighted by atomic mass is 10.1. The second-order valence-corrected chi connectivity index (χ2v) is 7.81. The number of nitro groups is 1. The number of nitrogens with one attached hydrogen (secondary N) is 1. The zero-order valence-electron chi connectivity index (χ0n) is 14.8. The van der Waals surface area contributed by atoms with Crippen LogP contribution in [0.25, 0.3) is 10.4 Å². The van der Waals surface area contributed by atoms with Gasteiger partial charge in [0.1, 0.15) is 0 Å². The molecule has 0 radical (unpaired) electrons. The predicted molar refractivity (Wildman–Crippen MR) is 104 cm³/mol. The van der Waals surface area contributed by atoms with Gasteiger partial charge in [0, 0.05) is 35.5 Å². The third kappa shape index (κ3) is 5.11. The molecule has 1 saturated heterocycles. The number of nitro benzene ring substituents is 1. The maximum atomic E-state index is 11.2. The summed E-state index contributed by atoms with van der Waals surface area (Å²) in [6.45, 7) is 4.77. The highest BCUT2D eigenvalue weighted by Gasteiger charge is 2.17. The van der Waals surface area contributed by atoms with Crippen molar-refractivity contribution in [3.63, 3.8) is 0 Å².